The minimum atomic E-state index is -3.54. The minimum absolute atomic E-state index is 0.207. The van der Waals surface area contributed by atoms with Crippen molar-refractivity contribution in [3.05, 3.63) is 41.5 Å². The zero-order valence-corrected chi connectivity index (χ0v) is 17.4. The molecule has 1 fully saturated rings. The highest BCUT2D eigenvalue weighted by Crippen LogP contribution is 2.26. The normalized spacial score (nSPS) is 15.8. The number of hydrogen-bond donors (Lipinski definition) is 1. The second kappa shape index (κ2) is 8.89. The van der Waals surface area contributed by atoms with Crippen LogP contribution in [0, 0.1) is 5.92 Å². The molecule has 3 rings (SSSR count). The van der Waals surface area contributed by atoms with E-state index in [1.54, 1.807) is 47.5 Å². The molecule has 1 N–H and O–H groups in total. The van der Waals surface area contributed by atoms with E-state index in [4.69, 9.17) is 4.74 Å². The van der Waals surface area contributed by atoms with E-state index in [0.29, 0.717) is 18.5 Å². The molecule has 2 aromatic rings. The standard InChI is InChI=1S/C18H21N3O6S2/c1-20-8-2-4-14(20)17(23)19-15(22)12-27-18(24)13-6-9-21(10-7-13)29(25,26)16-5-3-11-28-16/h2-5,8,11,13H,6-7,9-10,12H2,1H3,(H,19,22,23). The Balaban J connectivity index is 1.45. The van der Waals surface area contributed by atoms with Gasteiger partial charge < -0.3 is 9.30 Å². The molecule has 29 heavy (non-hydrogen) atoms. The lowest BCUT2D eigenvalue weighted by Gasteiger charge is -2.29. The third-order valence-corrected chi connectivity index (χ3v) is 7.92. The molecular weight excluding hydrogens is 418 g/mol. The average molecular weight is 440 g/mol. The van der Waals surface area contributed by atoms with Gasteiger partial charge in [0.15, 0.2) is 6.61 Å². The van der Waals surface area contributed by atoms with Gasteiger partial charge in [0, 0.05) is 26.3 Å². The van der Waals surface area contributed by atoms with Crippen LogP contribution in [0.2, 0.25) is 0 Å². The van der Waals surface area contributed by atoms with E-state index in [-0.39, 0.29) is 17.3 Å². The summed E-state index contributed by atoms with van der Waals surface area (Å²) >= 11 is 1.15. The molecule has 0 bridgehead atoms. The Bertz CT molecular complexity index is 989. The van der Waals surface area contributed by atoms with Crippen LogP contribution in [0.15, 0.2) is 40.1 Å². The summed E-state index contributed by atoms with van der Waals surface area (Å²) in [5.74, 6) is -2.35. The lowest BCUT2D eigenvalue weighted by atomic mass is 9.98. The van der Waals surface area contributed by atoms with E-state index in [1.165, 1.54) is 4.31 Å². The predicted octanol–water partition coefficient (Wildman–Crippen LogP) is 0.987. The zero-order valence-electron chi connectivity index (χ0n) is 15.7. The number of rotatable bonds is 6. The highest BCUT2D eigenvalue weighted by molar-refractivity contribution is 7.91. The van der Waals surface area contributed by atoms with Gasteiger partial charge in [-0.15, -0.1) is 11.3 Å². The Morgan fingerprint density at radius 3 is 2.52 bits per heavy atom. The lowest BCUT2D eigenvalue weighted by molar-refractivity contribution is -0.153. The highest BCUT2D eigenvalue weighted by atomic mass is 32.2. The van der Waals surface area contributed by atoms with Crippen LogP contribution in [0.25, 0.3) is 0 Å². The Morgan fingerprint density at radius 1 is 1.21 bits per heavy atom. The van der Waals surface area contributed by atoms with Gasteiger partial charge in [0.05, 0.1) is 5.92 Å². The topological polar surface area (TPSA) is 115 Å². The summed E-state index contributed by atoms with van der Waals surface area (Å²) in [6.45, 7) is -0.154. The average Bonchev–Trinajstić information content (AvgIpc) is 3.38. The summed E-state index contributed by atoms with van der Waals surface area (Å²) in [6, 6.07) is 6.46. The van der Waals surface area contributed by atoms with Crippen LogP contribution < -0.4 is 5.32 Å². The molecule has 0 aromatic carbocycles. The predicted molar refractivity (Wildman–Crippen MR) is 105 cm³/mol. The third-order valence-electron chi connectivity index (χ3n) is 4.65. The molecule has 0 unspecified atom stereocenters. The summed E-state index contributed by atoms with van der Waals surface area (Å²) in [5.41, 5.74) is 0.309. The summed E-state index contributed by atoms with van der Waals surface area (Å²) in [6.07, 6.45) is 2.30. The van der Waals surface area contributed by atoms with Crippen molar-refractivity contribution < 1.29 is 27.5 Å². The number of carbonyl (C=O) groups is 3. The lowest BCUT2D eigenvalue weighted by Crippen LogP contribution is -2.41. The number of hydrogen-bond acceptors (Lipinski definition) is 7. The molecule has 3 heterocycles. The highest BCUT2D eigenvalue weighted by Gasteiger charge is 2.33. The molecule has 0 radical (unpaired) electrons. The number of sulfonamides is 1. The molecule has 0 aliphatic carbocycles. The zero-order chi connectivity index (χ0) is 21.0. The van der Waals surface area contributed by atoms with E-state index >= 15 is 0 Å². The van der Waals surface area contributed by atoms with Crippen molar-refractivity contribution >= 4 is 39.1 Å². The van der Waals surface area contributed by atoms with Crippen LogP contribution in [-0.4, -0.2) is 54.8 Å². The Hall–Kier alpha value is -2.50. The van der Waals surface area contributed by atoms with Gasteiger partial charge in [0.2, 0.25) is 0 Å². The van der Waals surface area contributed by atoms with E-state index in [1.807, 2.05) is 0 Å². The number of amides is 2. The molecule has 0 atom stereocenters. The number of piperidine rings is 1. The molecule has 11 heteroatoms. The van der Waals surface area contributed by atoms with Crippen LogP contribution in [0.5, 0.6) is 0 Å². The van der Waals surface area contributed by atoms with Gasteiger partial charge in [0.1, 0.15) is 9.90 Å². The Morgan fingerprint density at radius 2 is 1.93 bits per heavy atom. The molecule has 1 saturated heterocycles. The largest absolute Gasteiger partial charge is 0.455 e. The molecule has 156 valence electrons. The maximum atomic E-state index is 12.5. The molecule has 0 saturated carbocycles. The van der Waals surface area contributed by atoms with E-state index < -0.39 is 40.3 Å². The van der Waals surface area contributed by atoms with Gasteiger partial charge >= 0.3 is 5.97 Å². The van der Waals surface area contributed by atoms with Gasteiger partial charge in [0.25, 0.3) is 21.8 Å². The number of esters is 1. The van der Waals surface area contributed by atoms with E-state index in [9.17, 15) is 22.8 Å². The molecule has 0 spiro atoms. The Labute approximate surface area is 172 Å². The maximum absolute atomic E-state index is 12.5. The molecule has 2 aromatic heterocycles. The van der Waals surface area contributed by atoms with Crippen LogP contribution in [-0.2, 0) is 31.4 Å². The maximum Gasteiger partial charge on any atom is 0.309 e. The summed E-state index contributed by atoms with van der Waals surface area (Å²) in [7, 11) is -1.86. The summed E-state index contributed by atoms with van der Waals surface area (Å²) < 4.78 is 33.2. The number of ether oxygens (including phenoxy) is 1. The summed E-state index contributed by atoms with van der Waals surface area (Å²) in [5, 5.41) is 3.86. The molecular formula is C18H21N3O6S2. The SMILES string of the molecule is Cn1cccc1C(=O)NC(=O)COC(=O)C1CCN(S(=O)(=O)c2cccs2)CC1. The second-order valence-corrected chi connectivity index (χ2v) is 9.71. The molecule has 1 aliphatic heterocycles. The van der Waals surface area contributed by atoms with Crippen molar-refractivity contribution in [2.75, 3.05) is 19.7 Å². The number of thiophene rings is 1. The van der Waals surface area contributed by atoms with Crippen LogP contribution in [0.1, 0.15) is 23.3 Å². The minimum Gasteiger partial charge on any atom is -0.455 e. The van der Waals surface area contributed by atoms with Crippen molar-refractivity contribution in [3.8, 4) is 0 Å². The monoisotopic (exact) mass is 439 g/mol. The van der Waals surface area contributed by atoms with Crippen molar-refractivity contribution in [3.63, 3.8) is 0 Å². The number of nitrogens with zero attached hydrogens (tertiary/aromatic N) is 2. The van der Waals surface area contributed by atoms with Gasteiger partial charge in [-0.05, 0) is 36.4 Å². The fourth-order valence-corrected chi connectivity index (χ4v) is 5.66. The van der Waals surface area contributed by atoms with Gasteiger partial charge in [-0.2, -0.15) is 4.31 Å². The van der Waals surface area contributed by atoms with Crippen LogP contribution in [0.4, 0.5) is 0 Å². The van der Waals surface area contributed by atoms with Crippen molar-refractivity contribution in [2.24, 2.45) is 13.0 Å². The van der Waals surface area contributed by atoms with E-state index in [0.717, 1.165) is 11.3 Å². The molecule has 2 amide bonds. The van der Waals surface area contributed by atoms with Gasteiger partial charge in [-0.1, -0.05) is 6.07 Å². The van der Waals surface area contributed by atoms with Crippen LogP contribution in [0.3, 0.4) is 0 Å². The summed E-state index contributed by atoms with van der Waals surface area (Å²) in [4.78, 5) is 36.0. The fourth-order valence-electron chi connectivity index (χ4n) is 3.05. The van der Waals surface area contributed by atoms with Crippen molar-refractivity contribution in [2.45, 2.75) is 17.1 Å². The van der Waals surface area contributed by atoms with Crippen molar-refractivity contribution in [1.82, 2.24) is 14.2 Å². The fraction of sp³-hybridized carbons (Fsp3) is 0.389. The first-order valence-electron chi connectivity index (χ1n) is 8.95. The second-order valence-electron chi connectivity index (χ2n) is 6.60. The first-order valence-corrected chi connectivity index (χ1v) is 11.3. The third kappa shape index (κ3) is 4.92. The first kappa shape index (κ1) is 21.2. The van der Waals surface area contributed by atoms with E-state index in [2.05, 4.69) is 5.32 Å². The van der Waals surface area contributed by atoms with Gasteiger partial charge in [-0.3, -0.25) is 19.7 Å². The Kier molecular flexibility index (Phi) is 6.50. The number of carbonyl (C=O) groups excluding carboxylic acids is 3. The first-order chi connectivity index (χ1) is 13.8. The van der Waals surface area contributed by atoms with Crippen molar-refractivity contribution in [1.29, 1.82) is 0 Å². The molecule has 9 nitrogen and oxygen atoms in total. The number of nitrogens with one attached hydrogen (secondary N) is 1. The van der Waals surface area contributed by atoms with Crippen LogP contribution >= 0.6 is 11.3 Å². The number of aryl methyl sites for hydroxylation is 1. The smallest absolute Gasteiger partial charge is 0.309 e. The van der Waals surface area contributed by atoms with Gasteiger partial charge in [-0.25, -0.2) is 8.42 Å². The number of imide groups is 1. The molecule has 1 aliphatic rings. The number of aromatic nitrogens is 1. The quantitative estimate of drug-likeness (QED) is 0.671.